The maximum atomic E-state index is 10.6. The topological polar surface area (TPSA) is 52.9 Å². The van der Waals surface area contributed by atoms with Gasteiger partial charge in [0.15, 0.2) is 0 Å². The van der Waals surface area contributed by atoms with Gasteiger partial charge in [0.05, 0.1) is 6.61 Å². The van der Waals surface area contributed by atoms with Crippen LogP contribution in [0.2, 0.25) is 0 Å². The zero-order chi connectivity index (χ0) is 15.4. The van der Waals surface area contributed by atoms with Crippen molar-refractivity contribution in [2.24, 2.45) is 4.99 Å². The van der Waals surface area contributed by atoms with Crippen molar-refractivity contribution < 1.29 is 9.90 Å². The van der Waals surface area contributed by atoms with Gasteiger partial charge in [0, 0.05) is 36.5 Å². The summed E-state index contributed by atoms with van der Waals surface area (Å²) in [5, 5.41) is 9.01. The molecule has 0 aliphatic carbocycles. The zero-order valence-electron chi connectivity index (χ0n) is 12.4. The molecule has 0 amide bonds. The van der Waals surface area contributed by atoms with E-state index in [4.69, 9.17) is 5.11 Å². The van der Waals surface area contributed by atoms with Gasteiger partial charge < -0.3 is 10.0 Å². The molecule has 0 saturated heterocycles. The van der Waals surface area contributed by atoms with Gasteiger partial charge in [-0.1, -0.05) is 25.3 Å². The minimum atomic E-state index is -0.0521. The van der Waals surface area contributed by atoms with Crippen LogP contribution >= 0.6 is 0 Å². The van der Waals surface area contributed by atoms with Crippen molar-refractivity contribution in [3.05, 3.63) is 35.5 Å². The minimum absolute atomic E-state index is 0.0521. The van der Waals surface area contributed by atoms with E-state index in [-0.39, 0.29) is 6.61 Å². The normalized spacial score (nSPS) is 12.4. The van der Waals surface area contributed by atoms with Crippen LogP contribution in [-0.4, -0.2) is 56.3 Å². The number of aliphatic hydroxyl groups is 1. The predicted molar refractivity (Wildman–Crippen MR) is 83.8 cm³/mol. The smallest absolute Gasteiger partial charge is 0.149 e. The third-order valence-corrected chi connectivity index (χ3v) is 2.45. The standard InChI is InChI=1S/C16H22N2O2/c1-5-18(4)12-15(8-9-19)6-7-16(11-17-3)10-14(2)13-20/h8,10-11,13,19H,2,5,9,12H2,1,3-4H3/b15-8-,16-10-,17-11?. The number of carbonyl (C=O) groups is 1. The molecule has 0 aromatic carbocycles. The van der Waals surface area contributed by atoms with E-state index in [0.717, 1.165) is 12.1 Å². The second kappa shape index (κ2) is 10.9. The van der Waals surface area contributed by atoms with E-state index in [1.165, 1.54) is 0 Å². The Balaban J connectivity index is 5.18. The molecule has 1 N–H and O–H groups in total. The molecule has 0 saturated carbocycles. The van der Waals surface area contributed by atoms with Crippen molar-refractivity contribution in [3.8, 4) is 11.8 Å². The molecule has 0 spiro atoms. The number of aldehydes is 1. The van der Waals surface area contributed by atoms with Crippen molar-refractivity contribution >= 4 is 12.5 Å². The van der Waals surface area contributed by atoms with Gasteiger partial charge in [-0.25, -0.2) is 0 Å². The lowest BCUT2D eigenvalue weighted by Gasteiger charge is -2.12. The molecule has 20 heavy (non-hydrogen) atoms. The molecule has 0 atom stereocenters. The van der Waals surface area contributed by atoms with Crippen LogP contribution in [0.4, 0.5) is 0 Å². The number of allylic oxidation sites excluding steroid dienone is 3. The lowest BCUT2D eigenvalue weighted by atomic mass is 10.1. The van der Waals surface area contributed by atoms with Gasteiger partial charge in [-0.05, 0) is 25.7 Å². The molecule has 0 radical (unpaired) electrons. The molecular weight excluding hydrogens is 252 g/mol. The Bertz CT molecular complexity index is 476. The van der Waals surface area contributed by atoms with Crippen LogP contribution in [0.3, 0.4) is 0 Å². The number of hydrogen-bond acceptors (Lipinski definition) is 4. The fourth-order valence-electron chi connectivity index (χ4n) is 1.30. The van der Waals surface area contributed by atoms with Crippen LogP contribution in [0, 0.1) is 11.8 Å². The fraction of sp³-hybridized carbons (Fsp3) is 0.375. The van der Waals surface area contributed by atoms with Gasteiger partial charge in [0.1, 0.15) is 6.29 Å². The Morgan fingerprint density at radius 3 is 2.65 bits per heavy atom. The monoisotopic (exact) mass is 274 g/mol. The highest BCUT2D eigenvalue weighted by molar-refractivity contribution is 5.89. The SMILES string of the molecule is C=C(C=O)/C=C(/C#C/C(=C/CO)CN(C)CC)C=NC. The average molecular weight is 274 g/mol. The third-order valence-electron chi connectivity index (χ3n) is 2.45. The third kappa shape index (κ3) is 8.20. The number of aliphatic hydroxyl groups excluding tert-OH is 1. The van der Waals surface area contributed by atoms with Gasteiger partial charge in [0.2, 0.25) is 0 Å². The highest BCUT2D eigenvalue weighted by Crippen LogP contribution is 1.99. The Hall–Kier alpha value is -1.96. The molecule has 4 heteroatoms. The van der Waals surface area contributed by atoms with Crippen LogP contribution in [-0.2, 0) is 4.79 Å². The largest absolute Gasteiger partial charge is 0.392 e. The summed E-state index contributed by atoms with van der Waals surface area (Å²) in [6, 6.07) is 0. The number of rotatable bonds is 7. The molecular formula is C16H22N2O2. The van der Waals surface area contributed by atoms with Crippen molar-refractivity contribution in [2.75, 3.05) is 33.8 Å². The molecule has 0 heterocycles. The molecule has 0 aliphatic heterocycles. The summed E-state index contributed by atoms with van der Waals surface area (Å²) in [6.45, 7) is 7.14. The van der Waals surface area contributed by atoms with Gasteiger partial charge >= 0.3 is 0 Å². The summed E-state index contributed by atoms with van der Waals surface area (Å²) < 4.78 is 0. The number of hydrogen-bond donors (Lipinski definition) is 1. The van der Waals surface area contributed by atoms with E-state index in [0.29, 0.717) is 24.0 Å². The summed E-state index contributed by atoms with van der Waals surface area (Å²) in [5.41, 5.74) is 1.77. The first kappa shape index (κ1) is 18.0. The second-order valence-electron chi connectivity index (χ2n) is 4.17. The minimum Gasteiger partial charge on any atom is -0.392 e. The summed E-state index contributed by atoms with van der Waals surface area (Å²) in [5.74, 6) is 5.93. The number of aliphatic imine (C=N–C) groups is 1. The Labute approximate surface area is 121 Å². The first-order chi connectivity index (χ1) is 9.57. The van der Waals surface area contributed by atoms with Crippen molar-refractivity contribution in [1.82, 2.24) is 4.90 Å². The maximum Gasteiger partial charge on any atom is 0.149 e. The van der Waals surface area contributed by atoms with Crippen molar-refractivity contribution in [3.63, 3.8) is 0 Å². The van der Waals surface area contributed by atoms with E-state index in [2.05, 4.69) is 28.3 Å². The van der Waals surface area contributed by atoms with Crippen LogP contribution in [0.1, 0.15) is 6.92 Å². The first-order valence-corrected chi connectivity index (χ1v) is 6.35. The van der Waals surface area contributed by atoms with E-state index in [1.807, 2.05) is 14.0 Å². The molecule has 108 valence electrons. The molecule has 0 rings (SSSR count). The lowest BCUT2D eigenvalue weighted by Crippen LogP contribution is -2.20. The zero-order valence-corrected chi connectivity index (χ0v) is 12.4. The summed E-state index contributed by atoms with van der Waals surface area (Å²) in [4.78, 5) is 16.6. The van der Waals surface area contributed by atoms with E-state index in [9.17, 15) is 4.79 Å². The summed E-state index contributed by atoms with van der Waals surface area (Å²) >= 11 is 0. The van der Waals surface area contributed by atoms with Crippen LogP contribution in [0.5, 0.6) is 0 Å². The Morgan fingerprint density at radius 1 is 1.45 bits per heavy atom. The lowest BCUT2D eigenvalue weighted by molar-refractivity contribution is -0.104. The Morgan fingerprint density at radius 2 is 2.15 bits per heavy atom. The maximum absolute atomic E-state index is 10.6. The molecule has 0 aromatic rings. The van der Waals surface area contributed by atoms with Gasteiger partial charge in [-0.15, -0.1) is 0 Å². The first-order valence-electron chi connectivity index (χ1n) is 6.35. The molecule has 0 aliphatic rings. The molecule has 0 fully saturated rings. The van der Waals surface area contributed by atoms with Crippen molar-refractivity contribution in [1.29, 1.82) is 0 Å². The number of likely N-dealkylation sites (N-methyl/N-ethyl adjacent to an activating group) is 1. The predicted octanol–water partition coefficient (Wildman–Crippen LogP) is 1.24. The quantitative estimate of drug-likeness (QED) is 0.250. The average Bonchev–Trinajstić information content (AvgIpc) is 2.44. The Kier molecular flexibility index (Phi) is 9.85. The highest BCUT2D eigenvalue weighted by atomic mass is 16.2. The second-order valence-corrected chi connectivity index (χ2v) is 4.17. The van der Waals surface area contributed by atoms with Gasteiger partial charge in [0.25, 0.3) is 0 Å². The summed E-state index contributed by atoms with van der Waals surface area (Å²) in [7, 11) is 3.61. The molecule has 0 aromatic heterocycles. The van der Waals surface area contributed by atoms with E-state index in [1.54, 1.807) is 25.4 Å². The molecule has 0 bridgehead atoms. The van der Waals surface area contributed by atoms with E-state index < -0.39 is 0 Å². The summed E-state index contributed by atoms with van der Waals surface area (Å²) in [6.07, 6.45) is 5.49. The number of carbonyl (C=O) groups excluding carboxylic acids is 1. The van der Waals surface area contributed by atoms with E-state index >= 15 is 0 Å². The molecule has 0 unspecified atom stereocenters. The van der Waals surface area contributed by atoms with Crippen molar-refractivity contribution in [2.45, 2.75) is 6.92 Å². The van der Waals surface area contributed by atoms with Crippen LogP contribution in [0.15, 0.2) is 40.4 Å². The number of nitrogens with zero attached hydrogens (tertiary/aromatic N) is 2. The highest BCUT2D eigenvalue weighted by Gasteiger charge is 1.98. The van der Waals surface area contributed by atoms with Gasteiger partial charge in [-0.2, -0.15) is 0 Å². The fourth-order valence-corrected chi connectivity index (χ4v) is 1.30. The van der Waals surface area contributed by atoms with Crippen LogP contribution in [0.25, 0.3) is 0 Å². The molecule has 4 nitrogen and oxygen atoms in total. The van der Waals surface area contributed by atoms with Gasteiger partial charge in [-0.3, -0.25) is 9.79 Å². The van der Waals surface area contributed by atoms with Crippen LogP contribution < -0.4 is 0 Å².